The van der Waals surface area contributed by atoms with Crippen molar-refractivity contribution >= 4 is 22.3 Å². The second-order valence-corrected chi connectivity index (χ2v) is 7.64. The quantitative estimate of drug-likeness (QED) is 0.746. The highest BCUT2D eigenvalue weighted by Gasteiger charge is 2.21. The molecule has 0 fully saturated rings. The van der Waals surface area contributed by atoms with Crippen molar-refractivity contribution in [3.8, 4) is 0 Å². The number of alkyl carbamates (subject to hydrolysis) is 1. The van der Waals surface area contributed by atoms with Gasteiger partial charge in [0.25, 0.3) is 0 Å². The molecule has 10 heteroatoms. The Morgan fingerprint density at radius 1 is 0.905 bits per heavy atom. The van der Waals surface area contributed by atoms with E-state index in [2.05, 4.69) is 4.28 Å². The molecule has 0 aromatic heterocycles. The van der Waals surface area contributed by atoms with E-state index < -0.39 is 39.4 Å². The lowest BCUT2D eigenvalue weighted by atomic mass is 10.2. The van der Waals surface area contributed by atoms with Gasteiger partial charge in [-0.3, -0.25) is 0 Å². The molecule has 2 amide bonds. The lowest BCUT2D eigenvalue weighted by molar-refractivity contribution is 0.0298. The summed E-state index contributed by atoms with van der Waals surface area (Å²) in [6, 6.07) is 0. The van der Waals surface area contributed by atoms with Gasteiger partial charge < -0.3 is 14.8 Å². The highest BCUT2D eigenvalue weighted by Crippen LogP contribution is 2.07. The fourth-order valence-electron chi connectivity index (χ4n) is 0.887. The molecular weight excluding hydrogens is 304 g/mol. The Hall–Kier alpha value is -1.55. The number of carbonyl (C=O) groups excluding carboxylic acids is 2. The number of hydrogen-bond acceptors (Lipinski definition) is 7. The summed E-state index contributed by atoms with van der Waals surface area (Å²) in [7, 11) is -4.21. The Labute approximate surface area is 124 Å². The summed E-state index contributed by atoms with van der Waals surface area (Å²) < 4.78 is 36.6. The van der Waals surface area contributed by atoms with Crippen LogP contribution in [-0.4, -0.2) is 37.7 Å². The van der Waals surface area contributed by atoms with Crippen molar-refractivity contribution in [2.75, 3.05) is 5.88 Å². The van der Waals surface area contributed by atoms with Crippen molar-refractivity contribution in [3.63, 3.8) is 0 Å². The molecule has 0 aliphatic carbocycles. The van der Waals surface area contributed by atoms with Crippen molar-refractivity contribution in [3.05, 3.63) is 0 Å². The smallest absolute Gasteiger partial charge is 0.432 e. The van der Waals surface area contributed by atoms with Crippen LogP contribution in [0.15, 0.2) is 0 Å². The average molecular weight is 326 g/mol. The van der Waals surface area contributed by atoms with Gasteiger partial charge in [0.1, 0.15) is 11.2 Å². The highest BCUT2D eigenvalue weighted by molar-refractivity contribution is 7.86. The van der Waals surface area contributed by atoms with Gasteiger partial charge in [-0.05, 0) is 41.5 Å². The van der Waals surface area contributed by atoms with E-state index >= 15 is 0 Å². The van der Waals surface area contributed by atoms with Crippen molar-refractivity contribution < 1.29 is 31.8 Å². The molecule has 0 atom stereocenters. The molecule has 0 saturated carbocycles. The van der Waals surface area contributed by atoms with E-state index in [9.17, 15) is 18.0 Å². The van der Waals surface area contributed by atoms with Gasteiger partial charge in [-0.1, -0.05) is 0 Å². The van der Waals surface area contributed by atoms with Crippen LogP contribution in [0.25, 0.3) is 0 Å². The van der Waals surface area contributed by atoms with Crippen LogP contribution in [0.1, 0.15) is 41.5 Å². The fraction of sp³-hybridized carbons (Fsp3) is 0.818. The number of hydroxylamine groups is 1. The molecular formula is C11H22N2O7S. The largest absolute Gasteiger partial charge is 0.444 e. The Bertz CT molecular complexity index is 436. The van der Waals surface area contributed by atoms with E-state index in [1.54, 1.807) is 47.0 Å². The normalized spacial score (nSPS) is 12.5. The molecule has 0 saturated heterocycles. The van der Waals surface area contributed by atoms with Crippen LogP contribution in [0.2, 0.25) is 0 Å². The third-order valence-corrected chi connectivity index (χ3v) is 2.28. The standard InChI is InChI=1S/C11H22N2O7S/c1-10(2,3)18-8(14)12-7-21(16,17)20-13-9(15)19-11(4,5)6/h7H2,1-6H3,(H,12,14)(H,13,15). The maximum absolute atomic E-state index is 11.4. The summed E-state index contributed by atoms with van der Waals surface area (Å²) >= 11 is 0. The minimum atomic E-state index is -4.21. The van der Waals surface area contributed by atoms with Crippen LogP contribution >= 0.6 is 0 Å². The predicted octanol–water partition coefficient (Wildman–Crippen LogP) is 1.25. The van der Waals surface area contributed by atoms with E-state index in [0.717, 1.165) is 0 Å². The third kappa shape index (κ3) is 11.9. The number of rotatable bonds is 4. The van der Waals surface area contributed by atoms with E-state index in [1.165, 1.54) is 0 Å². The number of carbonyl (C=O) groups is 2. The third-order valence-electron chi connectivity index (χ3n) is 1.44. The van der Waals surface area contributed by atoms with E-state index in [-0.39, 0.29) is 0 Å². The van der Waals surface area contributed by atoms with Crippen LogP contribution in [0.3, 0.4) is 0 Å². The number of ether oxygens (including phenoxy) is 2. The van der Waals surface area contributed by atoms with Crippen LogP contribution in [0, 0.1) is 0 Å². The topological polar surface area (TPSA) is 120 Å². The summed E-state index contributed by atoms with van der Waals surface area (Å²) in [4.78, 5) is 22.5. The van der Waals surface area contributed by atoms with E-state index in [0.29, 0.717) is 0 Å². The molecule has 0 aromatic carbocycles. The fourth-order valence-corrected chi connectivity index (χ4v) is 1.44. The predicted molar refractivity (Wildman–Crippen MR) is 73.6 cm³/mol. The first kappa shape index (κ1) is 19.4. The van der Waals surface area contributed by atoms with Gasteiger partial charge in [0.05, 0.1) is 0 Å². The zero-order valence-electron chi connectivity index (χ0n) is 13.0. The van der Waals surface area contributed by atoms with Crippen molar-refractivity contribution in [1.82, 2.24) is 10.8 Å². The molecule has 0 unspecified atom stereocenters. The molecule has 0 aliphatic heterocycles. The van der Waals surface area contributed by atoms with Gasteiger partial charge >= 0.3 is 22.3 Å². The van der Waals surface area contributed by atoms with Crippen LogP contribution in [0.4, 0.5) is 9.59 Å². The molecule has 0 rings (SSSR count). The molecule has 0 heterocycles. The van der Waals surface area contributed by atoms with Crippen LogP contribution in [-0.2, 0) is 23.9 Å². The average Bonchev–Trinajstić information content (AvgIpc) is 2.19. The maximum atomic E-state index is 11.4. The summed E-state index contributed by atoms with van der Waals surface area (Å²) in [5.74, 6) is -0.863. The molecule has 9 nitrogen and oxygen atoms in total. The molecule has 0 spiro atoms. The molecule has 0 aliphatic rings. The first-order valence-corrected chi connectivity index (χ1v) is 7.65. The number of hydrogen-bond donors (Lipinski definition) is 2. The summed E-state index contributed by atoms with van der Waals surface area (Å²) in [6.45, 7) is 9.69. The zero-order chi connectivity index (χ0) is 16.9. The summed E-state index contributed by atoms with van der Waals surface area (Å²) in [5, 5.41) is 1.99. The second-order valence-electron chi connectivity index (χ2n) is 6.07. The van der Waals surface area contributed by atoms with Crippen molar-refractivity contribution in [2.45, 2.75) is 52.7 Å². The SMILES string of the molecule is CC(C)(C)OC(=O)NCS(=O)(=O)ONC(=O)OC(C)(C)C. The lowest BCUT2D eigenvalue weighted by Gasteiger charge is -2.20. The first-order valence-electron chi connectivity index (χ1n) is 6.07. The number of nitrogens with one attached hydrogen (secondary N) is 2. The maximum Gasteiger partial charge on any atom is 0.432 e. The van der Waals surface area contributed by atoms with Crippen molar-refractivity contribution in [1.29, 1.82) is 0 Å². The van der Waals surface area contributed by atoms with Gasteiger partial charge in [0.15, 0.2) is 5.88 Å². The highest BCUT2D eigenvalue weighted by atomic mass is 32.2. The Kier molecular flexibility index (Phi) is 6.43. The number of amides is 2. The monoisotopic (exact) mass is 326 g/mol. The second kappa shape index (κ2) is 6.94. The Morgan fingerprint density at radius 2 is 1.33 bits per heavy atom. The van der Waals surface area contributed by atoms with Gasteiger partial charge in [0, 0.05) is 0 Å². The van der Waals surface area contributed by atoms with Gasteiger partial charge in [-0.2, -0.15) is 13.9 Å². The van der Waals surface area contributed by atoms with Crippen molar-refractivity contribution in [2.24, 2.45) is 0 Å². The molecule has 21 heavy (non-hydrogen) atoms. The first-order chi connectivity index (χ1) is 9.20. The molecule has 0 radical (unpaired) electrons. The molecule has 0 bridgehead atoms. The Balaban J connectivity index is 4.22. The van der Waals surface area contributed by atoms with Gasteiger partial charge in [-0.15, -0.1) is 4.28 Å². The molecule has 2 N–H and O–H groups in total. The lowest BCUT2D eigenvalue weighted by Crippen LogP contribution is -2.39. The van der Waals surface area contributed by atoms with Gasteiger partial charge in [0.2, 0.25) is 0 Å². The molecule has 124 valence electrons. The summed E-state index contributed by atoms with van der Waals surface area (Å²) in [5.41, 5.74) is 0.0501. The van der Waals surface area contributed by atoms with Crippen LogP contribution < -0.4 is 10.8 Å². The van der Waals surface area contributed by atoms with E-state index in [4.69, 9.17) is 9.47 Å². The minimum absolute atomic E-state index is 0.760. The zero-order valence-corrected chi connectivity index (χ0v) is 13.8. The summed E-state index contributed by atoms with van der Waals surface area (Å²) in [6.07, 6.45) is -1.99. The van der Waals surface area contributed by atoms with E-state index in [1.807, 2.05) is 5.32 Å². The Morgan fingerprint density at radius 3 is 1.76 bits per heavy atom. The molecule has 0 aromatic rings. The van der Waals surface area contributed by atoms with Crippen LogP contribution in [0.5, 0.6) is 0 Å². The minimum Gasteiger partial charge on any atom is -0.444 e. The van der Waals surface area contributed by atoms with Gasteiger partial charge in [-0.25, -0.2) is 9.59 Å².